The van der Waals surface area contributed by atoms with Gasteiger partial charge in [0.25, 0.3) is 0 Å². The Labute approximate surface area is 75.2 Å². The van der Waals surface area contributed by atoms with E-state index in [9.17, 15) is 4.79 Å². The van der Waals surface area contributed by atoms with Crippen LogP contribution in [0.15, 0.2) is 18.5 Å². The van der Waals surface area contributed by atoms with Crippen molar-refractivity contribution in [2.24, 2.45) is 0 Å². The Kier molecular flexibility index (Phi) is 1.43. The van der Waals surface area contributed by atoms with Crippen molar-refractivity contribution in [1.82, 2.24) is 4.57 Å². The van der Waals surface area contributed by atoms with Crippen LogP contribution in [0.2, 0.25) is 0 Å². The van der Waals surface area contributed by atoms with E-state index in [1.165, 1.54) is 12.3 Å². The maximum absolute atomic E-state index is 10.6. The number of aromatic nitrogens is 1. The van der Waals surface area contributed by atoms with Gasteiger partial charge in [0, 0.05) is 12.4 Å². The summed E-state index contributed by atoms with van der Waals surface area (Å²) in [6.45, 7) is 6.98. The van der Waals surface area contributed by atoms with Crippen LogP contribution in [-0.2, 0) is 5.66 Å². The van der Waals surface area contributed by atoms with Crippen molar-refractivity contribution < 1.29 is 9.90 Å². The Morgan fingerprint density at radius 3 is 2.77 bits per heavy atom. The van der Waals surface area contributed by atoms with Crippen molar-refractivity contribution in [2.75, 3.05) is 0 Å². The van der Waals surface area contributed by atoms with E-state index < -0.39 is 11.6 Å². The minimum Gasteiger partial charge on any atom is -0.478 e. The predicted molar refractivity (Wildman–Crippen MR) is 45.2 cm³/mol. The molecule has 1 heterocycles. The molecule has 66 valence electrons. The molecular formula is C9H8N2O2. The summed E-state index contributed by atoms with van der Waals surface area (Å²) in [5.74, 6) is -0.945. The molecule has 13 heavy (non-hydrogen) atoms. The van der Waals surface area contributed by atoms with E-state index in [2.05, 4.69) is 4.85 Å². The maximum atomic E-state index is 10.6. The maximum Gasteiger partial charge on any atom is 0.337 e. The van der Waals surface area contributed by atoms with E-state index in [1.54, 1.807) is 10.8 Å². The van der Waals surface area contributed by atoms with Crippen LogP contribution in [0.3, 0.4) is 0 Å². The molecule has 4 nitrogen and oxygen atoms in total. The smallest absolute Gasteiger partial charge is 0.337 e. The lowest BCUT2D eigenvalue weighted by atomic mass is 10.3. The van der Waals surface area contributed by atoms with E-state index in [4.69, 9.17) is 11.7 Å². The van der Waals surface area contributed by atoms with E-state index in [0.29, 0.717) is 0 Å². The molecule has 1 aliphatic rings. The van der Waals surface area contributed by atoms with Gasteiger partial charge in [0.05, 0.1) is 18.4 Å². The van der Waals surface area contributed by atoms with Crippen molar-refractivity contribution in [3.63, 3.8) is 0 Å². The normalized spacial score (nSPS) is 17.8. The molecule has 1 aliphatic carbocycles. The molecule has 0 atom stereocenters. The first-order chi connectivity index (χ1) is 6.18. The standard InChI is InChI=1S/C9H8N2O2/c1-10-9(3-4-9)11-5-2-7(6-11)8(12)13/h2,5-6H,3-4H2,(H,12,13). The second-order valence-electron chi connectivity index (χ2n) is 3.21. The largest absolute Gasteiger partial charge is 0.478 e. The van der Waals surface area contributed by atoms with Gasteiger partial charge < -0.3 is 5.11 Å². The first-order valence-electron chi connectivity index (χ1n) is 3.98. The molecule has 1 fully saturated rings. The summed E-state index contributed by atoms with van der Waals surface area (Å²) in [6.07, 6.45) is 4.83. The van der Waals surface area contributed by atoms with Gasteiger partial charge in [-0.15, -0.1) is 0 Å². The molecule has 2 rings (SSSR count). The SMILES string of the molecule is [C-]#[N+]C1(n2ccc(C(=O)O)c2)CC1. The number of carboxylic acids is 1. The summed E-state index contributed by atoms with van der Waals surface area (Å²) in [7, 11) is 0. The van der Waals surface area contributed by atoms with Gasteiger partial charge in [-0.25, -0.2) is 11.4 Å². The third kappa shape index (κ3) is 1.09. The van der Waals surface area contributed by atoms with E-state index in [-0.39, 0.29) is 5.56 Å². The molecule has 0 spiro atoms. The van der Waals surface area contributed by atoms with Crippen molar-refractivity contribution in [3.8, 4) is 0 Å². The van der Waals surface area contributed by atoms with Crippen molar-refractivity contribution in [3.05, 3.63) is 35.4 Å². The first kappa shape index (κ1) is 7.87. The number of nitrogens with zero attached hydrogens (tertiary/aromatic N) is 2. The highest BCUT2D eigenvalue weighted by molar-refractivity contribution is 5.87. The molecular weight excluding hydrogens is 168 g/mol. The number of carbonyl (C=O) groups is 1. The van der Waals surface area contributed by atoms with Gasteiger partial charge in [-0.3, -0.25) is 9.41 Å². The lowest BCUT2D eigenvalue weighted by molar-refractivity contribution is 0.0697. The Balaban J connectivity index is 2.34. The summed E-state index contributed by atoms with van der Waals surface area (Å²) in [6, 6.07) is 1.52. The Hall–Kier alpha value is -1.76. The zero-order valence-electron chi connectivity index (χ0n) is 6.90. The van der Waals surface area contributed by atoms with Gasteiger partial charge in [0.2, 0.25) is 0 Å². The molecule has 1 aromatic rings. The fourth-order valence-electron chi connectivity index (χ4n) is 1.32. The van der Waals surface area contributed by atoms with Crippen molar-refractivity contribution in [1.29, 1.82) is 0 Å². The quantitative estimate of drug-likeness (QED) is 0.695. The molecule has 0 unspecified atom stereocenters. The number of aromatic carboxylic acids is 1. The third-order valence-corrected chi connectivity index (χ3v) is 2.33. The zero-order chi connectivity index (χ0) is 9.47. The molecule has 4 heteroatoms. The Morgan fingerprint density at radius 2 is 2.38 bits per heavy atom. The molecule has 1 saturated carbocycles. The molecule has 0 aromatic carbocycles. The average molecular weight is 176 g/mol. The van der Waals surface area contributed by atoms with Crippen LogP contribution in [0.4, 0.5) is 0 Å². The number of hydrogen-bond acceptors (Lipinski definition) is 1. The van der Waals surface area contributed by atoms with Crippen LogP contribution in [0, 0.1) is 6.57 Å². The molecule has 1 N–H and O–H groups in total. The van der Waals surface area contributed by atoms with Gasteiger partial charge in [-0.1, -0.05) is 0 Å². The summed E-state index contributed by atoms with van der Waals surface area (Å²) in [5, 5.41) is 8.67. The Bertz CT molecular complexity index is 396. The summed E-state index contributed by atoms with van der Waals surface area (Å²) < 4.78 is 1.70. The average Bonchev–Trinajstić information content (AvgIpc) is 2.75. The minimum absolute atomic E-state index is 0.245. The summed E-state index contributed by atoms with van der Waals surface area (Å²) in [4.78, 5) is 14.1. The topological polar surface area (TPSA) is 46.6 Å². The summed E-state index contributed by atoms with van der Waals surface area (Å²) >= 11 is 0. The van der Waals surface area contributed by atoms with Crippen LogP contribution in [-0.4, -0.2) is 15.6 Å². The monoisotopic (exact) mass is 176 g/mol. The van der Waals surface area contributed by atoms with Gasteiger partial charge in [0.1, 0.15) is 0 Å². The van der Waals surface area contributed by atoms with E-state index in [0.717, 1.165) is 12.8 Å². The van der Waals surface area contributed by atoms with Gasteiger partial charge in [0.15, 0.2) is 0 Å². The highest BCUT2D eigenvalue weighted by Crippen LogP contribution is 2.45. The first-order valence-corrected chi connectivity index (χ1v) is 3.98. The van der Waals surface area contributed by atoms with E-state index >= 15 is 0 Å². The fraction of sp³-hybridized carbons (Fsp3) is 0.333. The molecule has 0 amide bonds. The third-order valence-electron chi connectivity index (χ3n) is 2.33. The molecule has 0 saturated heterocycles. The van der Waals surface area contributed by atoms with Crippen molar-refractivity contribution in [2.45, 2.75) is 18.5 Å². The van der Waals surface area contributed by atoms with Crippen LogP contribution >= 0.6 is 0 Å². The second kappa shape index (κ2) is 2.36. The molecule has 0 aliphatic heterocycles. The fourth-order valence-corrected chi connectivity index (χ4v) is 1.32. The van der Waals surface area contributed by atoms with Crippen LogP contribution in [0.1, 0.15) is 23.2 Å². The molecule has 1 aromatic heterocycles. The summed E-state index contributed by atoms with van der Waals surface area (Å²) in [5.41, 5.74) is -0.219. The van der Waals surface area contributed by atoms with E-state index in [1.807, 2.05) is 0 Å². The minimum atomic E-state index is -0.945. The van der Waals surface area contributed by atoms with Gasteiger partial charge >= 0.3 is 11.6 Å². The van der Waals surface area contributed by atoms with Gasteiger partial charge in [-0.05, 0) is 6.07 Å². The lowest BCUT2D eigenvalue weighted by Gasteiger charge is -2.01. The Morgan fingerprint density at radius 1 is 1.69 bits per heavy atom. The molecule has 0 bridgehead atoms. The van der Waals surface area contributed by atoms with Gasteiger partial charge in [-0.2, -0.15) is 0 Å². The highest BCUT2D eigenvalue weighted by atomic mass is 16.4. The second-order valence-corrected chi connectivity index (χ2v) is 3.21. The van der Waals surface area contributed by atoms with Crippen molar-refractivity contribution >= 4 is 5.97 Å². The number of rotatable bonds is 2. The molecule has 0 radical (unpaired) electrons. The number of carboxylic acid groups (broad SMARTS) is 1. The highest BCUT2D eigenvalue weighted by Gasteiger charge is 2.52. The van der Waals surface area contributed by atoms with Crippen LogP contribution in [0.25, 0.3) is 4.85 Å². The lowest BCUT2D eigenvalue weighted by Crippen LogP contribution is -2.09. The number of hydrogen-bond donors (Lipinski definition) is 1. The predicted octanol–water partition coefficient (Wildman–Crippen LogP) is 1.55. The van der Waals surface area contributed by atoms with Crippen LogP contribution in [0.5, 0.6) is 0 Å². The zero-order valence-corrected chi connectivity index (χ0v) is 6.90. The van der Waals surface area contributed by atoms with Crippen LogP contribution < -0.4 is 0 Å².